The minimum Gasteiger partial charge on any atom is -0.457 e. The third kappa shape index (κ3) is 4.28. The topological polar surface area (TPSA) is 91.5 Å². The van der Waals surface area contributed by atoms with Crippen LogP contribution in [0, 0.1) is 5.82 Å². The van der Waals surface area contributed by atoms with Crippen LogP contribution in [0.15, 0.2) is 97.2 Å². The average Bonchev–Trinajstić information content (AvgIpc) is 3.55. The van der Waals surface area contributed by atoms with Crippen LogP contribution < -0.4 is 10.1 Å². The molecule has 3 heterocycles. The van der Waals surface area contributed by atoms with E-state index in [1.165, 1.54) is 12.1 Å². The maximum atomic E-state index is 13.1. The predicted octanol–water partition coefficient (Wildman–Crippen LogP) is 7.20. The average molecular weight is 501 g/mol. The summed E-state index contributed by atoms with van der Waals surface area (Å²) in [5.41, 5.74) is 5.14. The van der Waals surface area contributed by atoms with Gasteiger partial charge in [-0.2, -0.15) is 0 Å². The number of nitrogens with one attached hydrogen (secondary N) is 3. The number of aromatic amines is 2. The van der Waals surface area contributed by atoms with Crippen LogP contribution in [-0.4, -0.2) is 24.9 Å². The van der Waals surface area contributed by atoms with Crippen molar-refractivity contribution in [3.63, 3.8) is 0 Å². The van der Waals surface area contributed by atoms with Crippen molar-refractivity contribution >= 4 is 38.8 Å². The highest BCUT2D eigenvalue weighted by atomic mass is 19.1. The first-order valence-corrected chi connectivity index (χ1v) is 12.2. The zero-order chi connectivity index (χ0) is 25.5. The van der Waals surface area contributed by atoms with Crippen LogP contribution >= 0.6 is 0 Å². The second-order valence-corrected chi connectivity index (χ2v) is 9.03. The fourth-order valence-electron chi connectivity index (χ4n) is 4.48. The van der Waals surface area contributed by atoms with Gasteiger partial charge in [0, 0.05) is 24.9 Å². The molecule has 38 heavy (non-hydrogen) atoms. The number of aromatic nitrogens is 5. The van der Waals surface area contributed by atoms with E-state index in [2.05, 4.69) is 49.5 Å². The first-order chi connectivity index (χ1) is 18.7. The van der Waals surface area contributed by atoms with Gasteiger partial charge in [0.05, 0.1) is 22.1 Å². The summed E-state index contributed by atoms with van der Waals surface area (Å²) >= 11 is 0. The van der Waals surface area contributed by atoms with E-state index in [4.69, 9.17) is 9.72 Å². The highest BCUT2D eigenvalue weighted by Crippen LogP contribution is 2.29. The lowest BCUT2D eigenvalue weighted by Gasteiger charge is -2.06. The number of imidazole rings is 2. The zero-order valence-corrected chi connectivity index (χ0v) is 20.1. The minimum absolute atomic E-state index is 0.252. The molecule has 4 aromatic carbocycles. The van der Waals surface area contributed by atoms with Crippen LogP contribution in [0.2, 0.25) is 0 Å². The van der Waals surface area contributed by atoms with Gasteiger partial charge in [0.1, 0.15) is 23.0 Å². The molecule has 0 unspecified atom stereocenters. The van der Waals surface area contributed by atoms with E-state index in [1.807, 2.05) is 42.5 Å². The van der Waals surface area contributed by atoms with E-state index in [1.54, 1.807) is 18.3 Å². The van der Waals surface area contributed by atoms with E-state index in [9.17, 15) is 4.39 Å². The molecule has 0 aliphatic carbocycles. The molecule has 0 radical (unpaired) electrons. The van der Waals surface area contributed by atoms with Gasteiger partial charge in [-0.3, -0.25) is 4.98 Å². The van der Waals surface area contributed by atoms with E-state index in [-0.39, 0.29) is 5.82 Å². The van der Waals surface area contributed by atoms with Gasteiger partial charge in [0.15, 0.2) is 5.82 Å². The first kappa shape index (κ1) is 22.0. The smallest absolute Gasteiger partial charge is 0.201 e. The molecule has 0 saturated heterocycles. The summed E-state index contributed by atoms with van der Waals surface area (Å²) in [5, 5.41) is 5.54. The van der Waals surface area contributed by atoms with Crippen molar-refractivity contribution < 1.29 is 9.13 Å². The molecule has 0 fully saturated rings. The number of fused-ring (bicyclic) bond motifs is 3. The number of nitrogens with zero attached hydrogens (tertiary/aromatic N) is 3. The summed E-state index contributed by atoms with van der Waals surface area (Å²) in [6.07, 6.45) is 1.71. The fraction of sp³-hybridized carbons (Fsp3) is 0.0333. The molecule has 3 N–H and O–H groups in total. The Hall–Kier alpha value is -5.24. The molecule has 184 valence electrons. The van der Waals surface area contributed by atoms with Gasteiger partial charge in [0.25, 0.3) is 0 Å². The maximum Gasteiger partial charge on any atom is 0.201 e. The Morgan fingerprint density at radius 3 is 2.39 bits per heavy atom. The Kier molecular flexibility index (Phi) is 5.21. The number of rotatable bonds is 6. The fourth-order valence-corrected chi connectivity index (χ4v) is 4.48. The van der Waals surface area contributed by atoms with E-state index >= 15 is 0 Å². The Morgan fingerprint density at radius 1 is 0.737 bits per heavy atom. The Bertz CT molecular complexity index is 1870. The lowest BCUT2D eigenvalue weighted by Crippen LogP contribution is -2.00. The Balaban J connectivity index is 1.11. The molecule has 0 saturated carbocycles. The molecule has 3 aromatic heterocycles. The largest absolute Gasteiger partial charge is 0.457 e. The second kappa shape index (κ2) is 9.01. The minimum atomic E-state index is -0.252. The second-order valence-electron chi connectivity index (χ2n) is 9.03. The van der Waals surface area contributed by atoms with Crippen LogP contribution in [0.25, 0.3) is 44.4 Å². The number of ether oxygens (including phenoxy) is 1. The Morgan fingerprint density at radius 2 is 1.53 bits per heavy atom. The van der Waals surface area contributed by atoms with Crippen molar-refractivity contribution in [2.45, 2.75) is 6.54 Å². The summed E-state index contributed by atoms with van der Waals surface area (Å²) in [4.78, 5) is 20.5. The lowest BCUT2D eigenvalue weighted by molar-refractivity contribution is 0.483. The normalized spacial score (nSPS) is 11.4. The molecule has 0 atom stereocenters. The molecule has 0 aliphatic heterocycles. The molecule has 0 aliphatic rings. The third-order valence-corrected chi connectivity index (χ3v) is 6.39. The van der Waals surface area contributed by atoms with Gasteiger partial charge in [-0.25, -0.2) is 14.4 Å². The number of hydrogen-bond donors (Lipinski definition) is 3. The van der Waals surface area contributed by atoms with Gasteiger partial charge < -0.3 is 20.0 Å². The summed E-state index contributed by atoms with van der Waals surface area (Å²) in [7, 11) is 0. The highest BCUT2D eigenvalue weighted by Gasteiger charge is 2.10. The van der Waals surface area contributed by atoms with Crippen LogP contribution in [0.5, 0.6) is 11.5 Å². The number of anilines is 1. The van der Waals surface area contributed by atoms with Crippen molar-refractivity contribution in [1.29, 1.82) is 0 Å². The summed E-state index contributed by atoms with van der Waals surface area (Å²) in [5.74, 6) is 2.36. The molecule has 0 amide bonds. The molecular formula is C30H21FN6O. The molecule has 7 aromatic rings. The van der Waals surface area contributed by atoms with Crippen molar-refractivity contribution in [2.24, 2.45) is 0 Å². The third-order valence-electron chi connectivity index (χ3n) is 6.39. The number of hydrogen-bond acceptors (Lipinski definition) is 5. The number of H-pyrrole nitrogens is 2. The van der Waals surface area contributed by atoms with Crippen LogP contribution in [-0.2, 0) is 6.54 Å². The quantitative estimate of drug-likeness (QED) is 0.225. The van der Waals surface area contributed by atoms with Crippen LogP contribution in [0.4, 0.5) is 10.3 Å². The van der Waals surface area contributed by atoms with Crippen molar-refractivity contribution in [3.8, 4) is 23.0 Å². The van der Waals surface area contributed by atoms with Gasteiger partial charge in [0.2, 0.25) is 5.95 Å². The number of pyridine rings is 1. The summed E-state index contributed by atoms with van der Waals surface area (Å²) in [6, 6.07) is 28.1. The van der Waals surface area contributed by atoms with Gasteiger partial charge >= 0.3 is 0 Å². The van der Waals surface area contributed by atoms with Crippen molar-refractivity contribution in [2.75, 3.05) is 5.32 Å². The van der Waals surface area contributed by atoms with Crippen LogP contribution in [0.1, 0.15) is 5.56 Å². The van der Waals surface area contributed by atoms with Crippen molar-refractivity contribution in [1.82, 2.24) is 24.9 Å². The van der Waals surface area contributed by atoms with Gasteiger partial charge in [-0.1, -0.05) is 36.4 Å². The molecule has 7 rings (SSSR count). The molecule has 8 heteroatoms. The van der Waals surface area contributed by atoms with Gasteiger partial charge in [-0.05, 0) is 58.8 Å². The first-order valence-electron chi connectivity index (χ1n) is 12.2. The standard InChI is InChI=1S/C30H21FN6O/c31-21-7-5-18(6-8-21)17-33-30-36-24-10-9-22(15-27(24)37-30)38-23-11-12-32-28(16-23)29-34-25-13-19-3-1-2-4-20(19)14-26(25)35-29/h1-16H,17H2,(H,34,35)(H2,33,36,37). The van der Waals surface area contributed by atoms with Crippen LogP contribution in [0.3, 0.4) is 0 Å². The summed E-state index contributed by atoms with van der Waals surface area (Å²) in [6.45, 7) is 0.529. The monoisotopic (exact) mass is 500 g/mol. The predicted molar refractivity (Wildman–Crippen MR) is 147 cm³/mol. The van der Waals surface area contributed by atoms with Gasteiger partial charge in [-0.15, -0.1) is 0 Å². The van der Waals surface area contributed by atoms with E-state index in [0.717, 1.165) is 38.4 Å². The number of benzene rings is 4. The van der Waals surface area contributed by atoms with E-state index < -0.39 is 0 Å². The highest BCUT2D eigenvalue weighted by molar-refractivity contribution is 5.96. The SMILES string of the molecule is Fc1ccc(CNc2nc3cc(Oc4ccnc(-c5nc6cc7ccccc7cc6[nH]5)c4)ccc3[nH]2)cc1. The summed E-state index contributed by atoms with van der Waals surface area (Å²) < 4.78 is 19.3. The van der Waals surface area contributed by atoms with Crippen molar-refractivity contribution in [3.05, 3.63) is 109 Å². The Labute approximate surface area is 216 Å². The molecule has 0 bridgehead atoms. The maximum absolute atomic E-state index is 13.1. The number of halogens is 1. The molecular weight excluding hydrogens is 479 g/mol. The van der Waals surface area contributed by atoms with E-state index in [0.29, 0.717) is 35.5 Å². The molecule has 7 nitrogen and oxygen atoms in total. The lowest BCUT2D eigenvalue weighted by atomic mass is 10.1. The zero-order valence-electron chi connectivity index (χ0n) is 20.1. The molecule has 0 spiro atoms.